The van der Waals surface area contributed by atoms with E-state index in [4.69, 9.17) is 5.73 Å². The van der Waals surface area contributed by atoms with E-state index < -0.39 is 0 Å². The normalized spacial score (nSPS) is 15.4. The molecule has 2 heterocycles. The maximum atomic E-state index is 5.94. The molecule has 0 spiro atoms. The molecule has 0 saturated carbocycles. The number of likely N-dealkylation sites (tertiary alicyclic amines) is 1. The lowest BCUT2D eigenvalue weighted by Gasteiger charge is -2.30. The number of benzene rings is 1. The van der Waals surface area contributed by atoms with Crippen molar-refractivity contribution in [3.8, 4) is 0 Å². The van der Waals surface area contributed by atoms with Gasteiger partial charge < -0.3 is 21.3 Å². The van der Waals surface area contributed by atoms with Crippen molar-refractivity contribution < 1.29 is 0 Å². The molecule has 0 unspecified atom stereocenters. The molecule has 7 heteroatoms. The number of hydrogen-bond acceptors (Lipinski definition) is 6. The van der Waals surface area contributed by atoms with Crippen LogP contribution in [-0.2, 0) is 6.54 Å². The van der Waals surface area contributed by atoms with Crippen LogP contribution in [0.2, 0.25) is 0 Å². The Balaban J connectivity index is 0.00000225. The second-order valence-electron chi connectivity index (χ2n) is 6.23. The molecule has 1 fully saturated rings. The van der Waals surface area contributed by atoms with Crippen LogP contribution in [0.15, 0.2) is 42.7 Å². The predicted octanol–water partition coefficient (Wildman–Crippen LogP) is 2.35. The minimum Gasteiger partial charge on any atom is -0.369 e. The summed E-state index contributed by atoms with van der Waals surface area (Å²) in [6.07, 6.45) is 3.79. The summed E-state index contributed by atoms with van der Waals surface area (Å²) in [7, 11) is 0. The van der Waals surface area contributed by atoms with Gasteiger partial charge in [0.05, 0.1) is 0 Å². The number of nitrogens with one attached hydrogen (secondary N) is 2. The van der Waals surface area contributed by atoms with Crippen molar-refractivity contribution in [1.29, 1.82) is 0 Å². The molecule has 2 aromatic rings. The average molecular weight is 363 g/mol. The molecule has 1 aromatic heterocycles. The standard InChI is InChI=1S/C18H26N6.ClH/c19-16-6-9-24(10-7-16)11-8-20-17-12-18(23-14-22-17)21-13-15-4-2-1-3-5-15;/h1-5,12,14,16H,6-11,13,19H2,(H2,20,21,22,23);1H. The minimum atomic E-state index is 0. The molecule has 3 rings (SSSR count). The van der Waals surface area contributed by atoms with E-state index in [2.05, 4.69) is 37.6 Å². The van der Waals surface area contributed by atoms with Crippen molar-refractivity contribution in [2.75, 3.05) is 36.8 Å². The Kier molecular flexibility index (Phi) is 7.91. The molecule has 1 aliphatic heterocycles. The van der Waals surface area contributed by atoms with Crippen LogP contribution in [0.25, 0.3) is 0 Å². The summed E-state index contributed by atoms with van der Waals surface area (Å²) in [6, 6.07) is 12.6. The molecular weight excluding hydrogens is 336 g/mol. The second-order valence-corrected chi connectivity index (χ2v) is 6.23. The molecule has 1 aromatic carbocycles. The van der Waals surface area contributed by atoms with Gasteiger partial charge in [-0.25, -0.2) is 9.97 Å². The van der Waals surface area contributed by atoms with E-state index in [1.165, 1.54) is 5.56 Å². The third-order valence-corrected chi connectivity index (χ3v) is 4.35. The van der Waals surface area contributed by atoms with E-state index >= 15 is 0 Å². The first kappa shape index (κ1) is 19.4. The highest BCUT2D eigenvalue weighted by Crippen LogP contribution is 2.11. The Morgan fingerprint density at radius 2 is 1.72 bits per heavy atom. The van der Waals surface area contributed by atoms with Crippen molar-refractivity contribution in [3.05, 3.63) is 48.3 Å². The Labute approximate surface area is 155 Å². The highest BCUT2D eigenvalue weighted by molar-refractivity contribution is 5.85. The maximum Gasteiger partial charge on any atom is 0.131 e. The van der Waals surface area contributed by atoms with Crippen LogP contribution in [0.5, 0.6) is 0 Å². The van der Waals surface area contributed by atoms with Crippen LogP contribution in [0.4, 0.5) is 11.6 Å². The van der Waals surface area contributed by atoms with E-state index in [-0.39, 0.29) is 12.4 Å². The van der Waals surface area contributed by atoms with Crippen LogP contribution in [0.1, 0.15) is 18.4 Å². The van der Waals surface area contributed by atoms with Crippen LogP contribution < -0.4 is 16.4 Å². The van der Waals surface area contributed by atoms with Gasteiger partial charge in [-0.2, -0.15) is 0 Å². The van der Waals surface area contributed by atoms with Gasteiger partial charge in [0, 0.05) is 31.7 Å². The molecule has 6 nitrogen and oxygen atoms in total. The molecule has 136 valence electrons. The first-order chi connectivity index (χ1) is 11.8. The molecule has 1 aliphatic rings. The largest absolute Gasteiger partial charge is 0.369 e. The van der Waals surface area contributed by atoms with Crippen molar-refractivity contribution in [3.63, 3.8) is 0 Å². The smallest absolute Gasteiger partial charge is 0.131 e. The molecule has 25 heavy (non-hydrogen) atoms. The zero-order valence-corrected chi connectivity index (χ0v) is 15.2. The summed E-state index contributed by atoms with van der Waals surface area (Å²) in [4.78, 5) is 11.0. The summed E-state index contributed by atoms with van der Waals surface area (Å²) < 4.78 is 0. The van der Waals surface area contributed by atoms with Gasteiger partial charge in [0.15, 0.2) is 0 Å². The number of anilines is 2. The van der Waals surface area contributed by atoms with Gasteiger partial charge in [-0.05, 0) is 31.5 Å². The molecule has 4 N–H and O–H groups in total. The minimum absolute atomic E-state index is 0. The van der Waals surface area contributed by atoms with Crippen LogP contribution in [0, 0.1) is 0 Å². The third kappa shape index (κ3) is 6.49. The van der Waals surface area contributed by atoms with Gasteiger partial charge in [-0.15, -0.1) is 12.4 Å². The topological polar surface area (TPSA) is 79.1 Å². The van der Waals surface area contributed by atoms with Gasteiger partial charge in [-0.3, -0.25) is 0 Å². The number of aromatic nitrogens is 2. The Bertz CT molecular complexity index is 616. The first-order valence-corrected chi connectivity index (χ1v) is 8.61. The van der Waals surface area contributed by atoms with Gasteiger partial charge in [0.25, 0.3) is 0 Å². The third-order valence-electron chi connectivity index (χ3n) is 4.35. The number of nitrogens with two attached hydrogens (primary N) is 1. The number of piperidine rings is 1. The van der Waals surface area contributed by atoms with Gasteiger partial charge in [0.2, 0.25) is 0 Å². The molecular formula is C18H27ClN6. The van der Waals surface area contributed by atoms with Crippen molar-refractivity contribution >= 4 is 24.0 Å². The van der Waals surface area contributed by atoms with E-state index in [0.29, 0.717) is 6.04 Å². The fourth-order valence-corrected chi connectivity index (χ4v) is 2.86. The zero-order chi connectivity index (χ0) is 16.6. The van der Waals surface area contributed by atoms with E-state index in [0.717, 1.165) is 57.2 Å². The first-order valence-electron chi connectivity index (χ1n) is 8.61. The van der Waals surface area contributed by atoms with E-state index in [1.807, 2.05) is 24.3 Å². The fourth-order valence-electron chi connectivity index (χ4n) is 2.86. The van der Waals surface area contributed by atoms with E-state index in [1.54, 1.807) is 6.33 Å². The van der Waals surface area contributed by atoms with Crippen LogP contribution in [-0.4, -0.2) is 47.1 Å². The molecule has 0 bridgehead atoms. The molecule has 0 atom stereocenters. The second kappa shape index (κ2) is 10.2. The Morgan fingerprint density at radius 1 is 1.04 bits per heavy atom. The zero-order valence-electron chi connectivity index (χ0n) is 14.4. The van der Waals surface area contributed by atoms with Crippen LogP contribution in [0.3, 0.4) is 0 Å². The Morgan fingerprint density at radius 3 is 2.44 bits per heavy atom. The van der Waals surface area contributed by atoms with Gasteiger partial charge in [-0.1, -0.05) is 30.3 Å². The Hall–Kier alpha value is -1.89. The number of hydrogen-bond donors (Lipinski definition) is 3. The summed E-state index contributed by atoms with van der Waals surface area (Å²) >= 11 is 0. The average Bonchev–Trinajstić information content (AvgIpc) is 2.63. The highest BCUT2D eigenvalue weighted by Gasteiger charge is 2.15. The molecule has 0 radical (unpaired) electrons. The fraction of sp³-hybridized carbons (Fsp3) is 0.444. The van der Waals surface area contributed by atoms with Gasteiger partial charge in [0.1, 0.15) is 18.0 Å². The number of rotatable bonds is 7. The lowest BCUT2D eigenvalue weighted by molar-refractivity contribution is 0.220. The quantitative estimate of drug-likeness (QED) is 0.701. The monoisotopic (exact) mass is 362 g/mol. The number of nitrogens with zero attached hydrogens (tertiary/aromatic N) is 3. The lowest BCUT2D eigenvalue weighted by atomic mass is 10.1. The van der Waals surface area contributed by atoms with Crippen LogP contribution >= 0.6 is 12.4 Å². The van der Waals surface area contributed by atoms with Gasteiger partial charge >= 0.3 is 0 Å². The summed E-state index contributed by atoms with van der Waals surface area (Å²) in [6.45, 7) is 4.84. The number of halogens is 1. The van der Waals surface area contributed by atoms with Crippen molar-refractivity contribution in [2.24, 2.45) is 5.73 Å². The van der Waals surface area contributed by atoms with Crippen molar-refractivity contribution in [1.82, 2.24) is 14.9 Å². The molecule has 0 amide bonds. The summed E-state index contributed by atoms with van der Waals surface area (Å²) in [5, 5.41) is 6.71. The maximum absolute atomic E-state index is 5.94. The predicted molar refractivity (Wildman–Crippen MR) is 105 cm³/mol. The lowest BCUT2D eigenvalue weighted by Crippen LogP contribution is -2.41. The molecule has 1 saturated heterocycles. The van der Waals surface area contributed by atoms with Crippen molar-refractivity contribution in [2.45, 2.75) is 25.4 Å². The highest BCUT2D eigenvalue weighted by atomic mass is 35.5. The van der Waals surface area contributed by atoms with E-state index in [9.17, 15) is 0 Å². The summed E-state index contributed by atoms with van der Waals surface area (Å²) in [5.74, 6) is 1.69. The summed E-state index contributed by atoms with van der Waals surface area (Å²) in [5.41, 5.74) is 7.17. The molecule has 0 aliphatic carbocycles. The SMILES string of the molecule is Cl.NC1CCN(CCNc2cc(NCc3ccccc3)ncn2)CC1.